The number of aliphatic hydroxyl groups excluding tert-OH is 1. The second-order valence-corrected chi connectivity index (χ2v) is 6.99. The van der Waals surface area contributed by atoms with Gasteiger partial charge < -0.3 is 25.0 Å². The fourth-order valence-electron chi connectivity index (χ4n) is 3.28. The SMILES string of the molecule is CCNC(=NCC(O)c1ccc(OC(F)(F)F)cc1)N1CCN(c2ccccn2)CC1.I. The molecule has 176 valence electrons. The third kappa shape index (κ3) is 7.69. The van der Waals surface area contributed by atoms with Gasteiger partial charge in [-0.3, -0.25) is 4.99 Å². The zero-order valence-corrected chi connectivity index (χ0v) is 20.0. The van der Waals surface area contributed by atoms with Crippen LogP contribution in [0.2, 0.25) is 0 Å². The average molecular weight is 565 g/mol. The Bertz CT molecular complexity index is 845. The first-order valence-corrected chi connectivity index (χ1v) is 10.1. The lowest BCUT2D eigenvalue weighted by Crippen LogP contribution is -2.52. The summed E-state index contributed by atoms with van der Waals surface area (Å²) in [7, 11) is 0. The van der Waals surface area contributed by atoms with E-state index in [2.05, 4.69) is 29.8 Å². The molecule has 1 saturated heterocycles. The minimum absolute atomic E-state index is 0. The Morgan fingerprint density at radius 3 is 2.41 bits per heavy atom. The van der Waals surface area contributed by atoms with Crippen molar-refractivity contribution in [1.82, 2.24) is 15.2 Å². The second-order valence-electron chi connectivity index (χ2n) is 6.99. The van der Waals surface area contributed by atoms with E-state index in [9.17, 15) is 18.3 Å². The predicted molar refractivity (Wildman–Crippen MR) is 128 cm³/mol. The van der Waals surface area contributed by atoms with Crippen molar-refractivity contribution in [2.24, 2.45) is 4.99 Å². The van der Waals surface area contributed by atoms with Gasteiger partial charge in [-0.25, -0.2) is 4.98 Å². The molecule has 11 heteroatoms. The smallest absolute Gasteiger partial charge is 0.406 e. The van der Waals surface area contributed by atoms with Crippen LogP contribution in [0.15, 0.2) is 53.7 Å². The maximum Gasteiger partial charge on any atom is 0.573 e. The standard InChI is InChI=1S/C21H26F3N5O2.HI/c1-2-25-20(29-13-11-28(12-14-29)19-5-3-4-10-26-19)27-15-18(30)16-6-8-17(9-7-16)31-21(22,23)24;/h3-10,18,30H,2,11-15H2,1H3,(H,25,27);1H. The highest BCUT2D eigenvalue weighted by molar-refractivity contribution is 14.0. The van der Waals surface area contributed by atoms with E-state index in [0.717, 1.165) is 32.0 Å². The normalized spacial score (nSPS) is 15.7. The maximum absolute atomic E-state index is 12.3. The first kappa shape index (κ1) is 26.0. The number of anilines is 1. The van der Waals surface area contributed by atoms with Crippen molar-refractivity contribution in [2.45, 2.75) is 19.4 Å². The minimum atomic E-state index is -4.74. The Labute approximate surface area is 202 Å². The summed E-state index contributed by atoms with van der Waals surface area (Å²) in [6.45, 7) is 5.83. The molecule has 1 aliphatic heterocycles. The molecule has 1 atom stereocenters. The largest absolute Gasteiger partial charge is 0.573 e. The number of pyridine rings is 1. The van der Waals surface area contributed by atoms with Crippen molar-refractivity contribution in [3.8, 4) is 5.75 Å². The summed E-state index contributed by atoms with van der Waals surface area (Å²) in [6.07, 6.45) is -3.91. The molecule has 0 aliphatic carbocycles. The van der Waals surface area contributed by atoms with Crippen LogP contribution in [0.25, 0.3) is 0 Å². The van der Waals surface area contributed by atoms with Gasteiger partial charge in [0.25, 0.3) is 0 Å². The Morgan fingerprint density at radius 1 is 1.16 bits per heavy atom. The van der Waals surface area contributed by atoms with E-state index in [0.29, 0.717) is 18.1 Å². The molecule has 1 fully saturated rings. The number of hydrogen-bond donors (Lipinski definition) is 2. The average Bonchev–Trinajstić information content (AvgIpc) is 2.76. The number of aliphatic hydroxyl groups is 1. The number of halogens is 4. The van der Waals surface area contributed by atoms with Crippen molar-refractivity contribution in [3.05, 3.63) is 54.2 Å². The Hall–Kier alpha value is -2.28. The van der Waals surface area contributed by atoms with Crippen LogP contribution in [0.3, 0.4) is 0 Å². The Balaban J connectivity index is 0.00000363. The molecule has 0 amide bonds. The van der Waals surface area contributed by atoms with Crippen LogP contribution in [0, 0.1) is 0 Å². The van der Waals surface area contributed by atoms with Gasteiger partial charge in [0.1, 0.15) is 11.6 Å². The van der Waals surface area contributed by atoms with Crippen molar-refractivity contribution >= 4 is 35.8 Å². The van der Waals surface area contributed by atoms with E-state index < -0.39 is 12.5 Å². The highest BCUT2D eigenvalue weighted by atomic mass is 127. The van der Waals surface area contributed by atoms with Crippen LogP contribution in [0.1, 0.15) is 18.6 Å². The summed E-state index contributed by atoms with van der Waals surface area (Å²) in [6, 6.07) is 11.0. The molecule has 2 N–H and O–H groups in total. The molecule has 7 nitrogen and oxygen atoms in total. The summed E-state index contributed by atoms with van der Waals surface area (Å²) < 4.78 is 40.7. The number of aromatic nitrogens is 1. The van der Waals surface area contributed by atoms with Gasteiger partial charge in [0.15, 0.2) is 5.96 Å². The van der Waals surface area contributed by atoms with Crippen molar-refractivity contribution in [1.29, 1.82) is 0 Å². The lowest BCUT2D eigenvalue weighted by atomic mass is 10.1. The number of guanidine groups is 1. The van der Waals surface area contributed by atoms with Gasteiger partial charge in [0.05, 0.1) is 12.6 Å². The van der Waals surface area contributed by atoms with Crippen LogP contribution in [0.4, 0.5) is 19.0 Å². The molecule has 2 heterocycles. The van der Waals surface area contributed by atoms with Crippen molar-refractivity contribution in [2.75, 3.05) is 44.2 Å². The van der Waals surface area contributed by atoms with E-state index >= 15 is 0 Å². The van der Waals surface area contributed by atoms with Crippen molar-refractivity contribution in [3.63, 3.8) is 0 Å². The quantitative estimate of drug-likeness (QED) is 0.318. The molecule has 1 aromatic heterocycles. The van der Waals surface area contributed by atoms with Gasteiger partial charge in [-0.05, 0) is 36.8 Å². The molecule has 3 rings (SSSR count). The first-order chi connectivity index (χ1) is 14.9. The summed E-state index contributed by atoms with van der Waals surface area (Å²) >= 11 is 0. The van der Waals surface area contributed by atoms with Crippen LogP contribution < -0.4 is 15.0 Å². The summed E-state index contributed by atoms with van der Waals surface area (Å²) in [5, 5.41) is 13.7. The van der Waals surface area contributed by atoms with Gasteiger partial charge in [-0.2, -0.15) is 0 Å². The number of rotatable bonds is 6. The van der Waals surface area contributed by atoms with E-state index in [1.54, 1.807) is 6.20 Å². The monoisotopic (exact) mass is 565 g/mol. The molecule has 0 bridgehead atoms. The molecule has 2 aromatic rings. The predicted octanol–water partition coefficient (Wildman–Crippen LogP) is 3.42. The number of benzene rings is 1. The second kappa shape index (κ2) is 12.1. The summed E-state index contributed by atoms with van der Waals surface area (Å²) in [4.78, 5) is 13.2. The van der Waals surface area contributed by atoms with E-state index in [1.807, 2.05) is 25.1 Å². The number of nitrogens with zero attached hydrogens (tertiary/aromatic N) is 4. The molecule has 0 radical (unpaired) electrons. The zero-order valence-electron chi connectivity index (χ0n) is 17.6. The fraction of sp³-hybridized carbons (Fsp3) is 0.429. The van der Waals surface area contributed by atoms with Gasteiger partial charge in [-0.1, -0.05) is 18.2 Å². The molecule has 1 aromatic carbocycles. The molecule has 32 heavy (non-hydrogen) atoms. The fourth-order valence-corrected chi connectivity index (χ4v) is 3.28. The first-order valence-electron chi connectivity index (χ1n) is 10.1. The maximum atomic E-state index is 12.3. The molecular weight excluding hydrogens is 538 g/mol. The highest BCUT2D eigenvalue weighted by Gasteiger charge is 2.31. The van der Waals surface area contributed by atoms with Crippen LogP contribution in [0.5, 0.6) is 5.75 Å². The van der Waals surface area contributed by atoms with Crippen LogP contribution in [-0.4, -0.2) is 66.6 Å². The van der Waals surface area contributed by atoms with Gasteiger partial charge in [0.2, 0.25) is 0 Å². The molecule has 1 unspecified atom stereocenters. The number of aliphatic imine (C=N–C) groups is 1. The third-order valence-corrected chi connectivity index (χ3v) is 4.80. The molecular formula is C21H27F3IN5O2. The number of hydrogen-bond acceptors (Lipinski definition) is 5. The van der Waals surface area contributed by atoms with Gasteiger partial charge >= 0.3 is 6.36 Å². The lowest BCUT2D eigenvalue weighted by Gasteiger charge is -2.37. The number of ether oxygens (including phenoxy) is 1. The van der Waals surface area contributed by atoms with Gasteiger partial charge in [0, 0.05) is 38.9 Å². The van der Waals surface area contributed by atoms with Crippen molar-refractivity contribution < 1.29 is 23.0 Å². The van der Waals surface area contributed by atoms with E-state index in [1.165, 1.54) is 24.3 Å². The lowest BCUT2D eigenvalue weighted by molar-refractivity contribution is -0.274. The summed E-state index contributed by atoms with van der Waals surface area (Å²) in [5.74, 6) is 1.31. The number of piperazine rings is 1. The zero-order chi connectivity index (χ0) is 22.3. The summed E-state index contributed by atoms with van der Waals surface area (Å²) in [5.41, 5.74) is 0.467. The molecule has 0 saturated carbocycles. The van der Waals surface area contributed by atoms with E-state index in [-0.39, 0.29) is 36.3 Å². The van der Waals surface area contributed by atoms with Crippen LogP contribution >= 0.6 is 24.0 Å². The topological polar surface area (TPSA) is 73.2 Å². The molecule has 1 aliphatic rings. The third-order valence-electron chi connectivity index (χ3n) is 4.80. The van der Waals surface area contributed by atoms with E-state index in [4.69, 9.17) is 0 Å². The Morgan fingerprint density at radius 2 is 1.84 bits per heavy atom. The Kier molecular flexibility index (Phi) is 9.82. The highest BCUT2D eigenvalue weighted by Crippen LogP contribution is 2.24. The number of alkyl halides is 3. The molecule has 0 spiro atoms. The van der Waals surface area contributed by atoms with Gasteiger partial charge in [-0.15, -0.1) is 37.1 Å². The number of nitrogens with one attached hydrogen (secondary N) is 1. The van der Waals surface area contributed by atoms with Crippen LogP contribution in [-0.2, 0) is 0 Å². The minimum Gasteiger partial charge on any atom is -0.406 e.